The quantitative estimate of drug-likeness (QED) is 0.0345. The van der Waals surface area contributed by atoms with Crippen LogP contribution in [0.25, 0.3) is 5.00 Å². The molecule has 0 bridgehead atoms. The molecule has 0 radical (unpaired) electrons. The Hall–Kier alpha value is -6.59. The number of thiophene rings is 1. The van der Waals surface area contributed by atoms with Crippen molar-refractivity contribution < 1.29 is 28.7 Å². The second kappa shape index (κ2) is 24.2. The van der Waals surface area contributed by atoms with Crippen LogP contribution in [0.3, 0.4) is 0 Å². The number of nitrogens with zero attached hydrogens (tertiary/aromatic N) is 7. The molecule has 5 amide bonds. The van der Waals surface area contributed by atoms with E-state index in [1.54, 1.807) is 11.3 Å². The third-order valence-corrected chi connectivity index (χ3v) is 15.5. The second-order valence-electron chi connectivity index (χ2n) is 20.1. The topological polar surface area (TPSA) is 202 Å². The molecule has 3 N–H and O–H groups in total. The minimum absolute atomic E-state index is 0.00724. The molecule has 18 heteroatoms. The second-order valence-corrected chi connectivity index (χ2v) is 21.8. The number of azo groups is 1. The highest BCUT2D eigenvalue weighted by molar-refractivity contribution is 7.15. The maximum absolute atomic E-state index is 13.5. The minimum Gasteiger partial charge on any atom is -0.483 e. The Balaban J connectivity index is 0.807. The largest absolute Gasteiger partial charge is 0.483 e. The molecule has 1 unspecified atom stereocenters. The highest BCUT2D eigenvalue weighted by Crippen LogP contribution is 2.41. The van der Waals surface area contributed by atoms with Gasteiger partial charge in [0.25, 0.3) is 11.8 Å². The van der Waals surface area contributed by atoms with Crippen molar-refractivity contribution in [1.82, 2.24) is 35.6 Å². The molecule has 3 aliphatic rings. The normalized spacial score (nSPS) is 16.3. The van der Waals surface area contributed by atoms with Crippen LogP contribution < -0.4 is 20.7 Å². The van der Waals surface area contributed by atoms with Gasteiger partial charge in [0.2, 0.25) is 17.7 Å². The summed E-state index contributed by atoms with van der Waals surface area (Å²) in [5.41, 5.74) is 8.47. The summed E-state index contributed by atoms with van der Waals surface area (Å²) in [7, 11) is 0. The summed E-state index contributed by atoms with van der Waals surface area (Å²) in [5.74, 6) is 1.30. The van der Waals surface area contributed by atoms with Crippen LogP contribution in [0.4, 0.5) is 11.4 Å². The average Bonchev–Trinajstić information content (AvgIpc) is 3.98. The van der Waals surface area contributed by atoms with Crippen LogP contribution in [-0.2, 0) is 25.7 Å². The molecular weight excluding hydrogens is 976 g/mol. The van der Waals surface area contributed by atoms with Crippen molar-refractivity contribution in [3.05, 3.63) is 115 Å². The molecule has 2 aromatic heterocycles. The van der Waals surface area contributed by atoms with Gasteiger partial charge in [0, 0.05) is 70.7 Å². The number of aliphatic imine (C=N–C) groups is 1. The van der Waals surface area contributed by atoms with Gasteiger partial charge in [0.15, 0.2) is 12.4 Å². The van der Waals surface area contributed by atoms with E-state index in [1.165, 1.54) is 4.88 Å². The van der Waals surface area contributed by atoms with Crippen molar-refractivity contribution in [2.45, 2.75) is 137 Å². The Morgan fingerprint density at radius 3 is 2.28 bits per heavy atom. The lowest BCUT2D eigenvalue weighted by Gasteiger charge is -2.20. The van der Waals surface area contributed by atoms with E-state index in [-0.39, 0.29) is 60.3 Å². The number of aromatic nitrogens is 3. The van der Waals surface area contributed by atoms with Crippen molar-refractivity contribution in [1.29, 1.82) is 0 Å². The van der Waals surface area contributed by atoms with E-state index >= 15 is 0 Å². The molecule has 5 heterocycles. The number of carbonyl (C=O) groups is 5. The lowest BCUT2D eigenvalue weighted by atomic mass is 9.92. The highest BCUT2D eigenvalue weighted by atomic mass is 35.5. The molecule has 0 aliphatic carbocycles. The maximum atomic E-state index is 13.5. The Morgan fingerprint density at radius 1 is 0.878 bits per heavy atom. The van der Waals surface area contributed by atoms with Crippen molar-refractivity contribution >= 4 is 69.6 Å². The molecule has 2 atom stereocenters. The molecule has 390 valence electrons. The van der Waals surface area contributed by atoms with Gasteiger partial charge in [0.05, 0.1) is 23.5 Å². The zero-order valence-electron chi connectivity index (χ0n) is 43.5. The first-order valence-corrected chi connectivity index (χ1v) is 27.1. The molecule has 1 saturated heterocycles. The number of fused-ring (bicyclic) bond motifs is 4. The number of halogens is 1. The van der Waals surface area contributed by atoms with Gasteiger partial charge < -0.3 is 20.3 Å². The smallest absolute Gasteiger partial charge is 0.257 e. The number of unbranched alkanes of at least 4 members (excludes halogenated alkanes) is 4. The molecule has 1 fully saturated rings. The van der Waals surface area contributed by atoms with Crippen LogP contribution in [0, 0.1) is 26.7 Å². The Labute approximate surface area is 442 Å². The van der Waals surface area contributed by atoms with Crippen molar-refractivity contribution in [2.24, 2.45) is 21.1 Å². The highest BCUT2D eigenvalue weighted by Gasteiger charge is 2.33. The molecule has 8 rings (SSSR count). The van der Waals surface area contributed by atoms with Gasteiger partial charge in [0.1, 0.15) is 22.6 Å². The van der Waals surface area contributed by atoms with Gasteiger partial charge in [-0.15, -0.1) is 21.5 Å². The summed E-state index contributed by atoms with van der Waals surface area (Å²) in [5, 5.41) is 28.4. The van der Waals surface area contributed by atoms with Crippen LogP contribution in [-0.4, -0.2) is 81.2 Å². The predicted octanol–water partition coefficient (Wildman–Crippen LogP) is 10.9. The van der Waals surface area contributed by atoms with Gasteiger partial charge in [-0.3, -0.25) is 38.8 Å². The number of carbonyl (C=O) groups excluding carboxylic acids is 5. The number of hydrogen-bond donors (Lipinski definition) is 3. The summed E-state index contributed by atoms with van der Waals surface area (Å²) >= 11 is 7.93. The van der Waals surface area contributed by atoms with Gasteiger partial charge in [-0.1, -0.05) is 76.8 Å². The molecule has 16 nitrogen and oxygen atoms in total. The average molecular weight is 1040 g/mol. The monoisotopic (exact) mass is 1040 g/mol. The van der Waals surface area contributed by atoms with E-state index in [0.717, 1.165) is 82.0 Å². The number of amides is 5. The van der Waals surface area contributed by atoms with Crippen molar-refractivity contribution in [2.75, 3.05) is 26.2 Å². The number of piperidine rings is 1. The zero-order chi connectivity index (χ0) is 52.6. The number of imide groups is 1. The summed E-state index contributed by atoms with van der Waals surface area (Å²) in [6.07, 6.45) is 6.88. The summed E-state index contributed by atoms with van der Waals surface area (Å²) in [6.45, 7) is 16.2. The Morgan fingerprint density at radius 2 is 1.58 bits per heavy atom. The molecule has 0 saturated carbocycles. The number of aryl methyl sites for hydroxylation is 2. The molecule has 3 aromatic carbocycles. The van der Waals surface area contributed by atoms with Gasteiger partial charge >= 0.3 is 0 Å². The molecule has 0 spiro atoms. The van der Waals surface area contributed by atoms with E-state index in [2.05, 4.69) is 77.9 Å². The first kappa shape index (κ1) is 53.7. The maximum Gasteiger partial charge on any atom is 0.257 e. The number of nitrogens with one attached hydrogen (secondary N) is 3. The fourth-order valence-corrected chi connectivity index (χ4v) is 11.2. The Kier molecular flexibility index (Phi) is 17.5. The standard InChI is InChI=1S/C56H67ClN10O6S/c1-32(2)42-27-40(63-64-45-17-14-16-41-44(45)30-66(55(41)72)26-13-9-8-10-15-38-20-23-47(68)61-54(38)71)28-43(33(3)4)52(42)73-31-49(70)59-25-12-11-24-58-48(69)29-46-53-65-62-36(7)67(53)56-50(34(5)35(6)74-56)51(60-46)37-18-21-39(57)22-19-37/h14,16-19,21-22,27-28,32-33,38,46H,8-13,15,20,23-26,29-31H2,1-7H3,(H,58,69)(H,59,70)(H,61,68,71)/t38?,46-/m0/s1. The van der Waals surface area contributed by atoms with Crippen LogP contribution >= 0.6 is 22.9 Å². The first-order chi connectivity index (χ1) is 35.6. The first-order valence-electron chi connectivity index (χ1n) is 25.9. The van der Waals surface area contributed by atoms with Crippen LogP contribution in [0.15, 0.2) is 69.8 Å². The number of hydrogen-bond acceptors (Lipinski definition) is 12. The van der Waals surface area contributed by atoms with Gasteiger partial charge in [-0.2, -0.15) is 10.2 Å². The number of rotatable bonds is 22. The van der Waals surface area contributed by atoms with Gasteiger partial charge in [-0.05, 0) is 118 Å². The summed E-state index contributed by atoms with van der Waals surface area (Å²) < 4.78 is 8.32. The zero-order valence-corrected chi connectivity index (χ0v) is 45.1. The van der Waals surface area contributed by atoms with Crippen molar-refractivity contribution in [3.8, 4) is 10.8 Å². The minimum atomic E-state index is -0.566. The lowest BCUT2D eigenvalue weighted by Crippen LogP contribution is -2.40. The van der Waals surface area contributed by atoms with E-state index in [4.69, 9.17) is 21.3 Å². The van der Waals surface area contributed by atoms with Crippen LogP contribution in [0.2, 0.25) is 5.02 Å². The SMILES string of the molecule is Cc1sc2c(c1C)C(c1ccc(Cl)cc1)=N[C@@H](CC(=O)NCCCCNC(=O)COc1c(C(C)C)cc(N=Nc3cccc4c3CN(CCCCCCC3CCC(=O)NC3=O)C4=O)cc1C(C)C)c1nnc(C)n1-2. The Bertz CT molecular complexity index is 2950. The van der Waals surface area contributed by atoms with E-state index < -0.39 is 6.04 Å². The van der Waals surface area contributed by atoms with Crippen LogP contribution in [0.5, 0.6) is 5.75 Å². The molecule has 5 aromatic rings. The third kappa shape index (κ3) is 12.5. The fraction of sp³-hybridized carbons (Fsp3) is 0.464. The summed E-state index contributed by atoms with van der Waals surface area (Å²) in [4.78, 5) is 71.8. The summed E-state index contributed by atoms with van der Waals surface area (Å²) in [6, 6.07) is 16.5. The number of benzene rings is 3. The molecule has 74 heavy (non-hydrogen) atoms. The lowest BCUT2D eigenvalue weighted by molar-refractivity contribution is -0.136. The van der Waals surface area contributed by atoms with E-state index in [0.29, 0.717) is 85.4 Å². The van der Waals surface area contributed by atoms with Crippen LogP contribution in [0.1, 0.15) is 170 Å². The molecule has 3 aliphatic heterocycles. The van der Waals surface area contributed by atoms with Crippen molar-refractivity contribution in [3.63, 3.8) is 0 Å². The predicted molar refractivity (Wildman–Crippen MR) is 288 cm³/mol. The third-order valence-electron chi connectivity index (χ3n) is 14.1. The molecular formula is C56H67ClN10O6S. The van der Waals surface area contributed by atoms with Gasteiger partial charge in [-0.25, -0.2) is 0 Å². The fourth-order valence-electron chi connectivity index (χ4n) is 9.84. The van der Waals surface area contributed by atoms with E-state index in [1.807, 2.05) is 71.0 Å². The van der Waals surface area contributed by atoms with E-state index in [9.17, 15) is 24.0 Å². The number of ether oxygens (including phenoxy) is 1.